The average molecular weight is 542 g/mol. The number of amides is 2. The first-order valence-corrected chi connectivity index (χ1v) is 12.8. The van der Waals surface area contributed by atoms with Crippen LogP contribution in [0.3, 0.4) is 0 Å². The molecule has 206 valence electrons. The molecule has 0 fully saturated rings. The van der Waals surface area contributed by atoms with Crippen molar-refractivity contribution in [3.8, 4) is 5.75 Å². The number of nitrogens with zero attached hydrogens (tertiary/aromatic N) is 2. The van der Waals surface area contributed by atoms with Crippen LogP contribution in [0.1, 0.15) is 50.6 Å². The Morgan fingerprint density at radius 1 is 0.950 bits per heavy atom. The molecule has 4 aromatic rings. The number of hydrogen-bond acceptors (Lipinski definition) is 7. The van der Waals surface area contributed by atoms with E-state index in [0.29, 0.717) is 30.2 Å². The first kappa shape index (κ1) is 28.1. The number of esters is 1. The maximum Gasteiger partial charge on any atom is 0.358 e. The van der Waals surface area contributed by atoms with Crippen molar-refractivity contribution in [2.75, 3.05) is 11.9 Å². The lowest BCUT2D eigenvalue weighted by Gasteiger charge is -2.20. The van der Waals surface area contributed by atoms with Gasteiger partial charge in [0.1, 0.15) is 24.1 Å². The van der Waals surface area contributed by atoms with Crippen LogP contribution in [0.5, 0.6) is 5.75 Å². The molecule has 0 spiro atoms. The molecule has 40 heavy (non-hydrogen) atoms. The summed E-state index contributed by atoms with van der Waals surface area (Å²) in [6.45, 7) is 2.56. The lowest BCUT2D eigenvalue weighted by atomic mass is 10.0. The van der Waals surface area contributed by atoms with Crippen LogP contribution in [0, 0.1) is 0 Å². The van der Waals surface area contributed by atoms with Crippen molar-refractivity contribution >= 4 is 23.5 Å². The third kappa shape index (κ3) is 7.12. The molecule has 0 bridgehead atoms. The zero-order valence-corrected chi connectivity index (χ0v) is 22.3. The van der Waals surface area contributed by atoms with Crippen molar-refractivity contribution in [1.29, 1.82) is 0 Å². The second kappa shape index (κ2) is 13.2. The van der Waals surface area contributed by atoms with Gasteiger partial charge < -0.3 is 25.8 Å². The Morgan fingerprint density at radius 2 is 1.68 bits per heavy atom. The van der Waals surface area contributed by atoms with Crippen LogP contribution in [0.4, 0.5) is 5.69 Å². The molecule has 4 rings (SSSR count). The highest BCUT2D eigenvalue weighted by Crippen LogP contribution is 2.22. The van der Waals surface area contributed by atoms with Gasteiger partial charge in [-0.2, -0.15) is 5.10 Å². The minimum absolute atomic E-state index is 0.00554. The van der Waals surface area contributed by atoms with E-state index in [0.717, 1.165) is 11.1 Å². The molecule has 0 unspecified atom stereocenters. The standard InChI is InChI=1S/C30H31N5O5/c1-3-39-30(38)25-17-26(35(2)34-25)28(36)33-27(29(37)32-23-11-7-10-21(16-23)18-31)22-12-14-24(15-13-22)40-19-20-8-5-4-6-9-20/h4-17,27H,3,18-19,31H2,1-2H3,(H,32,37)(H,33,36)/t27-/m0/s1. The van der Waals surface area contributed by atoms with Gasteiger partial charge in [0.15, 0.2) is 5.69 Å². The van der Waals surface area contributed by atoms with Gasteiger partial charge >= 0.3 is 5.97 Å². The van der Waals surface area contributed by atoms with Crippen molar-refractivity contribution in [3.63, 3.8) is 0 Å². The Hall–Kier alpha value is -4.96. The van der Waals surface area contributed by atoms with Crippen molar-refractivity contribution < 1.29 is 23.9 Å². The topological polar surface area (TPSA) is 138 Å². The number of benzene rings is 3. The molecular weight excluding hydrogens is 510 g/mol. The summed E-state index contributed by atoms with van der Waals surface area (Å²) in [5, 5.41) is 9.69. The highest BCUT2D eigenvalue weighted by Gasteiger charge is 2.26. The second-order valence-electron chi connectivity index (χ2n) is 8.90. The number of aryl methyl sites for hydroxylation is 1. The summed E-state index contributed by atoms with van der Waals surface area (Å²) in [7, 11) is 1.53. The van der Waals surface area contributed by atoms with E-state index in [1.165, 1.54) is 17.8 Å². The molecule has 4 N–H and O–H groups in total. The quantitative estimate of drug-likeness (QED) is 0.246. The van der Waals surface area contributed by atoms with Crippen LogP contribution < -0.4 is 21.1 Å². The second-order valence-corrected chi connectivity index (χ2v) is 8.90. The average Bonchev–Trinajstić information content (AvgIpc) is 3.37. The predicted octanol–water partition coefficient (Wildman–Crippen LogP) is 3.74. The minimum Gasteiger partial charge on any atom is -0.489 e. The largest absolute Gasteiger partial charge is 0.489 e. The highest BCUT2D eigenvalue weighted by atomic mass is 16.5. The van der Waals surface area contributed by atoms with E-state index in [4.69, 9.17) is 15.2 Å². The van der Waals surface area contributed by atoms with E-state index in [2.05, 4.69) is 15.7 Å². The first-order chi connectivity index (χ1) is 19.4. The fourth-order valence-corrected chi connectivity index (χ4v) is 3.98. The smallest absolute Gasteiger partial charge is 0.358 e. The molecule has 0 saturated carbocycles. The van der Waals surface area contributed by atoms with E-state index in [1.807, 2.05) is 36.4 Å². The summed E-state index contributed by atoms with van der Waals surface area (Å²) in [4.78, 5) is 38.9. The van der Waals surface area contributed by atoms with E-state index in [1.54, 1.807) is 49.4 Å². The third-order valence-electron chi connectivity index (χ3n) is 6.03. The monoisotopic (exact) mass is 541 g/mol. The molecule has 1 atom stereocenters. The summed E-state index contributed by atoms with van der Waals surface area (Å²) >= 11 is 0. The number of hydrogen-bond donors (Lipinski definition) is 3. The Bertz CT molecular complexity index is 1470. The number of ether oxygens (including phenoxy) is 2. The van der Waals surface area contributed by atoms with Crippen LogP contribution in [0.15, 0.2) is 84.9 Å². The van der Waals surface area contributed by atoms with Gasteiger partial charge in [-0.05, 0) is 47.9 Å². The van der Waals surface area contributed by atoms with Crippen molar-refractivity contribution in [2.45, 2.75) is 26.1 Å². The molecule has 2 amide bonds. The predicted molar refractivity (Wildman–Crippen MR) is 150 cm³/mol. The Labute approximate surface area is 232 Å². The molecule has 1 heterocycles. The van der Waals surface area contributed by atoms with Gasteiger partial charge in [0.05, 0.1) is 6.61 Å². The third-order valence-corrected chi connectivity index (χ3v) is 6.03. The number of nitrogens with two attached hydrogens (primary N) is 1. The number of anilines is 1. The summed E-state index contributed by atoms with van der Waals surface area (Å²) in [5.74, 6) is -1.09. The van der Waals surface area contributed by atoms with Crippen LogP contribution in [0.25, 0.3) is 0 Å². The number of carbonyl (C=O) groups is 3. The number of carbonyl (C=O) groups excluding carboxylic acids is 3. The first-order valence-electron chi connectivity index (χ1n) is 12.8. The molecule has 0 radical (unpaired) electrons. The number of nitrogens with one attached hydrogen (secondary N) is 2. The highest BCUT2D eigenvalue weighted by molar-refractivity contribution is 6.02. The molecular formula is C30H31N5O5. The van der Waals surface area contributed by atoms with E-state index in [9.17, 15) is 14.4 Å². The molecule has 0 saturated heterocycles. The van der Waals surface area contributed by atoms with E-state index >= 15 is 0 Å². The van der Waals surface area contributed by atoms with Gasteiger partial charge in [0.2, 0.25) is 0 Å². The molecule has 10 nitrogen and oxygen atoms in total. The lowest BCUT2D eigenvalue weighted by Crippen LogP contribution is -2.37. The summed E-state index contributed by atoms with van der Waals surface area (Å²) in [5.41, 5.74) is 8.77. The van der Waals surface area contributed by atoms with Crippen LogP contribution in [-0.2, 0) is 29.7 Å². The van der Waals surface area contributed by atoms with E-state index in [-0.39, 0.29) is 18.0 Å². The maximum atomic E-state index is 13.5. The molecule has 0 aliphatic heterocycles. The van der Waals surface area contributed by atoms with Crippen LogP contribution in [-0.4, -0.2) is 34.2 Å². The Kier molecular flexibility index (Phi) is 9.27. The van der Waals surface area contributed by atoms with Crippen molar-refractivity contribution in [2.24, 2.45) is 12.8 Å². The summed E-state index contributed by atoms with van der Waals surface area (Å²) in [6, 6.07) is 24.1. The molecule has 3 aromatic carbocycles. The van der Waals surface area contributed by atoms with Gasteiger partial charge in [-0.1, -0.05) is 54.6 Å². The SMILES string of the molecule is CCOC(=O)c1cc(C(=O)N[C@H](C(=O)Nc2cccc(CN)c2)c2ccc(OCc3ccccc3)cc2)n(C)n1. The molecule has 0 aliphatic carbocycles. The molecule has 1 aromatic heterocycles. The maximum absolute atomic E-state index is 13.5. The minimum atomic E-state index is -1.07. The molecule has 0 aliphatic rings. The zero-order valence-electron chi connectivity index (χ0n) is 22.3. The normalized spacial score (nSPS) is 11.4. The van der Waals surface area contributed by atoms with Gasteiger partial charge in [-0.15, -0.1) is 0 Å². The zero-order chi connectivity index (χ0) is 28.5. The summed E-state index contributed by atoms with van der Waals surface area (Å²) < 4.78 is 12.1. The number of rotatable bonds is 11. The van der Waals surface area contributed by atoms with Gasteiger partial charge in [-0.3, -0.25) is 14.3 Å². The van der Waals surface area contributed by atoms with Gasteiger partial charge in [-0.25, -0.2) is 4.79 Å². The van der Waals surface area contributed by atoms with Gasteiger partial charge in [0, 0.05) is 25.3 Å². The van der Waals surface area contributed by atoms with Crippen LogP contribution in [0.2, 0.25) is 0 Å². The van der Waals surface area contributed by atoms with Crippen LogP contribution >= 0.6 is 0 Å². The Morgan fingerprint density at radius 3 is 2.38 bits per heavy atom. The fourth-order valence-electron chi connectivity index (χ4n) is 3.98. The fraction of sp³-hybridized carbons (Fsp3) is 0.200. The van der Waals surface area contributed by atoms with Gasteiger partial charge in [0.25, 0.3) is 11.8 Å². The number of aromatic nitrogens is 2. The summed E-state index contributed by atoms with van der Waals surface area (Å²) in [6.07, 6.45) is 0. The molecule has 10 heteroatoms. The lowest BCUT2D eigenvalue weighted by molar-refractivity contribution is -0.118. The Balaban J connectivity index is 1.56. The van der Waals surface area contributed by atoms with Crippen molar-refractivity contribution in [1.82, 2.24) is 15.1 Å². The van der Waals surface area contributed by atoms with Crippen molar-refractivity contribution in [3.05, 3.63) is 113 Å². The van der Waals surface area contributed by atoms with E-state index < -0.39 is 23.8 Å².